The van der Waals surface area contributed by atoms with Crippen molar-refractivity contribution < 1.29 is 18.7 Å². The van der Waals surface area contributed by atoms with Gasteiger partial charge in [0.1, 0.15) is 5.82 Å². The third kappa shape index (κ3) is 4.20. The average molecular weight is 311 g/mol. The minimum Gasteiger partial charge on any atom is -0.469 e. The van der Waals surface area contributed by atoms with Crippen molar-refractivity contribution in [1.82, 2.24) is 0 Å². The van der Waals surface area contributed by atoms with Crippen molar-refractivity contribution in [1.29, 1.82) is 0 Å². The lowest BCUT2D eigenvalue weighted by Crippen LogP contribution is -2.13. The summed E-state index contributed by atoms with van der Waals surface area (Å²) in [6.45, 7) is 0. The van der Waals surface area contributed by atoms with Crippen LogP contribution in [0.2, 0.25) is 0 Å². The highest BCUT2D eigenvalue weighted by Crippen LogP contribution is 2.51. The molecule has 6 heteroatoms. The molecule has 0 bridgehead atoms. The van der Waals surface area contributed by atoms with Gasteiger partial charge in [-0.05, 0) is 47.8 Å². The molecule has 0 aliphatic heterocycles. The van der Waals surface area contributed by atoms with E-state index in [2.05, 4.69) is 0 Å². The molecular formula is C15H18FNO3S. The second-order valence-electron chi connectivity index (χ2n) is 5.42. The molecular weight excluding hydrogens is 293 g/mol. The Morgan fingerprint density at radius 1 is 1.43 bits per heavy atom. The highest BCUT2D eigenvalue weighted by molar-refractivity contribution is 7.98. The van der Waals surface area contributed by atoms with E-state index in [1.807, 2.05) is 0 Å². The zero-order chi connectivity index (χ0) is 15.5. The van der Waals surface area contributed by atoms with E-state index in [0.717, 1.165) is 18.6 Å². The van der Waals surface area contributed by atoms with Gasteiger partial charge in [0.2, 0.25) is 5.91 Å². The van der Waals surface area contributed by atoms with E-state index in [-0.39, 0.29) is 17.2 Å². The van der Waals surface area contributed by atoms with E-state index in [4.69, 9.17) is 10.5 Å². The Labute approximate surface area is 127 Å². The van der Waals surface area contributed by atoms with Crippen molar-refractivity contribution in [3.05, 3.63) is 35.1 Å². The fraction of sp³-hybridized carbons (Fsp3) is 0.467. The second-order valence-corrected chi connectivity index (χ2v) is 6.40. The number of halogens is 1. The molecule has 114 valence electrons. The minimum absolute atomic E-state index is 0.00946. The number of rotatable bonds is 7. The molecule has 1 aromatic carbocycles. The van der Waals surface area contributed by atoms with E-state index in [9.17, 15) is 14.0 Å². The monoisotopic (exact) mass is 311 g/mol. The molecule has 0 heterocycles. The highest BCUT2D eigenvalue weighted by atomic mass is 32.2. The van der Waals surface area contributed by atoms with Gasteiger partial charge in [-0.2, -0.15) is 11.8 Å². The first-order valence-electron chi connectivity index (χ1n) is 6.68. The Balaban J connectivity index is 1.90. The van der Waals surface area contributed by atoms with Gasteiger partial charge in [-0.25, -0.2) is 4.39 Å². The molecule has 2 rings (SSSR count). The van der Waals surface area contributed by atoms with Gasteiger partial charge in [-0.15, -0.1) is 0 Å². The quantitative estimate of drug-likeness (QED) is 0.786. The summed E-state index contributed by atoms with van der Waals surface area (Å²) in [6.07, 6.45) is 2.41. The number of amides is 1. The van der Waals surface area contributed by atoms with Gasteiger partial charge in [-0.3, -0.25) is 9.59 Å². The molecule has 0 atom stereocenters. The Morgan fingerprint density at radius 2 is 2.14 bits per heavy atom. The van der Waals surface area contributed by atoms with Gasteiger partial charge in [0, 0.05) is 11.3 Å². The zero-order valence-corrected chi connectivity index (χ0v) is 12.7. The summed E-state index contributed by atoms with van der Waals surface area (Å²) >= 11 is 1.56. The Bertz CT molecular complexity index is 558. The number of hydrogen-bond donors (Lipinski definition) is 1. The van der Waals surface area contributed by atoms with Crippen molar-refractivity contribution >= 4 is 23.6 Å². The van der Waals surface area contributed by atoms with Crippen LogP contribution in [0.1, 0.15) is 35.2 Å². The standard InChI is InChI=1S/C15H18FNO3S/c1-20-13(18)7-15(4-5-15)9-21-8-11-6-10(14(17)19)2-3-12(11)16/h2-3,6H,4-5,7-9H2,1H3,(H2,17,19). The van der Waals surface area contributed by atoms with Crippen molar-refractivity contribution in [2.75, 3.05) is 12.9 Å². The molecule has 21 heavy (non-hydrogen) atoms. The number of primary amides is 1. The van der Waals surface area contributed by atoms with Crippen molar-refractivity contribution in [3.8, 4) is 0 Å². The smallest absolute Gasteiger partial charge is 0.306 e. The SMILES string of the molecule is COC(=O)CC1(CSCc2cc(C(N)=O)ccc2F)CC1. The lowest BCUT2D eigenvalue weighted by atomic mass is 10.1. The predicted molar refractivity (Wildman–Crippen MR) is 79.4 cm³/mol. The summed E-state index contributed by atoms with van der Waals surface area (Å²) in [5, 5.41) is 0. The molecule has 4 nitrogen and oxygen atoms in total. The molecule has 1 aromatic rings. The Hall–Kier alpha value is -1.56. The van der Waals surface area contributed by atoms with Gasteiger partial charge in [-0.1, -0.05) is 0 Å². The highest BCUT2D eigenvalue weighted by Gasteiger charge is 2.44. The fourth-order valence-electron chi connectivity index (χ4n) is 2.14. The van der Waals surface area contributed by atoms with E-state index < -0.39 is 5.91 Å². The van der Waals surface area contributed by atoms with Crippen LogP contribution in [0.25, 0.3) is 0 Å². The molecule has 0 spiro atoms. The average Bonchev–Trinajstić information content (AvgIpc) is 3.20. The summed E-state index contributed by atoms with van der Waals surface area (Å²) in [6, 6.07) is 4.13. The molecule has 1 amide bonds. The maximum atomic E-state index is 13.7. The van der Waals surface area contributed by atoms with Crippen molar-refractivity contribution in [2.45, 2.75) is 25.0 Å². The normalized spacial score (nSPS) is 15.5. The third-order valence-corrected chi connectivity index (χ3v) is 5.03. The number of nitrogens with two attached hydrogens (primary N) is 1. The first-order valence-corrected chi connectivity index (χ1v) is 7.84. The van der Waals surface area contributed by atoms with Gasteiger partial charge in [0.15, 0.2) is 0 Å². The van der Waals surface area contributed by atoms with Crippen LogP contribution in [-0.4, -0.2) is 24.7 Å². The molecule has 1 aliphatic rings. The Morgan fingerprint density at radius 3 is 2.71 bits per heavy atom. The number of methoxy groups -OCH3 is 1. The first-order chi connectivity index (χ1) is 9.96. The summed E-state index contributed by atoms with van der Waals surface area (Å²) in [5.74, 6) is 0.129. The number of benzene rings is 1. The zero-order valence-electron chi connectivity index (χ0n) is 11.9. The molecule has 0 saturated heterocycles. The van der Waals surface area contributed by atoms with Gasteiger partial charge in [0.05, 0.1) is 13.5 Å². The molecule has 1 fully saturated rings. The Kier molecular flexibility index (Phi) is 4.88. The molecule has 0 radical (unpaired) electrons. The molecule has 1 aliphatic carbocycles. The summed E-state index contributed by atoms with van der Waals surface area (Å²) in [5.41, 5.74) is 5.97. The molecule has 0 unspecified atom stereocenters. The molecule has 0 aromatic heterocycles. The number of hydrogen-bond acceptors (Lipinski definition) is 4. The van der Waals surface area contributed by atoms with Gasteiger partial charge >= 0.3 is 5.97 Å². The van der Waals surface area contributed by atoms with Crippen LogP contribution in [0.3, 0.4) is 0 Å². The lowest BCUT2D eigenvalue weighted by Gasteiger charge is -2.13. The third-order valence-electron chi connectivity index (χ3n) is 3.70. The summed E-state index contributed by atoms with van der Waals surface area (Å²) in [4.78, 5) is 22.4. The second kappa shape index (κ2) is 6.47. The summed E-state index contributed by atoms with van der Waals surface area (Å²) in [7, 11) is 1.39. The number of ether oxygens (including phenoxy) is 1. The topological polar surface area (TPSA) is 69.4 Å². The van der Waals surface area contributed by atoms with Crippen molar-refractivity contribution in [2.24, 2.45) is 11.1 Å². The van der Waals surface area contributed by atoms with Crippen LogP contribution in [0, 0.1) is 11.2 Å². The predicted octanol–water partition coefficient (Wildman–Crippen LogP) is 2.50. The van der Waals surface area contributed by atoms with Gasteiger partial charge in [0.25, 0.3) is 0 Å². The van der Waals surface area contributed by atoms with Crippen LogP contribution in [0.15, 0.2) is 18.2 Å². The maximum Gasteiger partial charge on any atom is 0.306 e. The number of carbonyl (C=O) groups excluding carboxylic acids is 2. The minimum atomic E-state index is -0.564. The van der Waals surface area contributed by atoms with Crippen LogP contribution < -0.4 is 5.73 Å². The van der Waals surface area contributed by atoms with E-state index >= 15 is 0 Å². The van der Waals surface area contributed by atoms with Crippen LogP contribution in [-0.2, 0) is 15.3 Å². The summed E-state index contributed by atoms with van der Waals surface area (Å²) < 4.78 is 18.4. The number of carbonyl (C=O) groups is 2. The fourth-order valence-corrected chi connectivity index (χ4v) is 3.51. The number of thioether (sulfide) groups is 1. The van der Waals surface area contributed by atoms with Gasteiger partial charge < -0.3 is 10.5 Å². The van der Waals surface area contributed by atoms with E-state index in [1.54, 1.807) is 11.8 Å². The molecule has 1 saturated carbocycles. The maximum absolute atomic E-state index is 13.7. The van der Waals surface area contributed by atoms with Crippen LogP contribution in [0.4, 0.5) is 4.39 Å². The molecule has 2 N–H and O–H groups in total. The van der Waals surface area contributed by atoms with Crippen LogP contribution in [0.5, 0.6) is 0 Å². The number of esters is 1. The van der Waals surface area contributed by atoms with Crippen LogP contribution >= 0.6 is 11.8 Å². The van der Waals surface area contributed by atoms with Crippen molar-refractivity contribution in [3.63, 3.8) is 0 Å². The first kappa shape index (κ1) is 15.8. The largest absolute Gasteiger partial charge is 0.469 e. The van der Waals surface area contributed by atoms with E-state index in [0.29, 0.717) is 23.3 Å². The van der Waals surface area contributed by atoms with E-state index in [1.165, 1.54) is 25.3 Å². The lowest BCUT2D eigenvalue weighted by molar-refractivity contribution is -0.141.